The van der Waals surface area contributed by atoms with Gasteiger partial charge in [0.05, 0.1) is 0 Å². The Morgan fingerprint density at radius 1 is 1.06 bits per heavy atom. The minimum Gasteiger partial charge on any atom is -0.313 e. The lowest BCUT2D eigenvalue weighted by Gasteiger charge is -2.33. The van der Waals surface area contributed by atoms with Crippen molar-refractivity contribution in [2.24, 2.45) is 11.8 Å². The number of benzene rings is 1. The van der Waals surface area contributed by atoms with Crippen molar-refractivity contribution in [2.45, 2.75) is 52.5 Å². The van der Waals surface area contributed by atoms with Crippen LogP contribution in [-0.2, 0) is 0 Å². The van der Waals surface area contributed by atoms with Crippen LogP contribution in [0, 0.1) is 25.7 Å². The molecule has 1 aromatic carbocycles. The van der Waals surface area contributed by atoms with Crippen LogP contribution in [-0.4, -0.2) is 7.05 Å². The number of hydrogen-bond acceptors (Lipinski definition) is 1. The summed E-state index contributed by atoms with van der Waals surface area (Å²) in [5.74, 6) is 1.74. The van der Waals surface area contributed by atoms with Gasteiger partial charge in [0.15, 0.2) is 0 Å². The largest absolute Gasteiger partial charge is 0.313 e. The third-order valence-corrected chi connectivity index (χ3v) is 4.73. The molecule has 0 saturated heterocycles. The first kappa shape index (κ1) is 13.6. The van der Waals surface area contributed by atoms with Crippen molar-refractivity contribution in [3.63, 3.8) is 0 Å². The van der Waals surface area contributed by atoms with Crippen LogP contribution in [0.1, 0.15) is 55.3 Å². The Kier molecular flexibility index (Phi) is 4.45. The van der Waals surface area contributed by atoms with Gasteiger partial charge < -0.3 is 5.32 Å². The van der Waals surface area contributed by atoms with Crippen molar-refractivity contribution in [1.82, 2.24) is 5.32 Å². The molecule has 0 spiro atoms. The molecule has 0 radical (unpaired) electrons. The summed E-state index contributed by atoms with van der Waals surface area (Å²) in [5, 5.41) is 3.55. The molecule has 1 heteroatoms. The molecular weight excluding hydrogens is 218 g/mol. The first-order valence-corrected chi connectivity index (χ1v) is 7.36. The lowest BCUT2D eigenvalue weighted by atomic mass is 9.77. The molecule has 1 fully saturated rings. The second-order valence-electron chi connectivity index (χ2n) is 6.13. The number of nitrogens with one attached hydrogen (secondary N) is 1. The van der Waals surface area contributed by atoms with E-state index in [0.717, 1.165) is 11.8 Å². The Labute approximate surface area is 112 Å². The molecule has 0 amide bonds. The van der Waals surface area contributed by atoms with Crippen molar-refractivity contribution in [2.75, 3.05) is 7.05 Å². The molecule has 100 valence electrons. The summed E-state index contributed by atoms with van der Waals surface area (Å²) in [6.45, 7) is 6.80. The van der Waals surface area contributed by atoms with E-state index in [-0.39, 0.29) is 0 Å². The van der Waals surface area contributed by atoms with E-state index in [9.17, 15) is 0 Å². The standard InChI is InChI=1S/C17H27N/c1-12-5-8-15(9-6-12)17(18-4)16-10-7-13(2)14(3)11-16/h7,10-12,15,17-18H,5-6,8-9H2,1-4H3. The van der Waals surface area contributed by atoms with Crippen LogP contribution in [0.5, 0.6) is 0 Å². The van der Waals surface area contributed by atoms with Crippen LogP contribution >= 0.6 is 0 Å². The van der Waals surface area contributed by atoms with Gasteiger partial charge in [-0.1, -0.05) is 38.0 Å². The fourth-order valence-corrected chi connectivity index (χ4v) is 3.25. The Morgan fingerprint density at radius 3 is 2.28 bits per heavy atom. The van der Waals surface area contributed by atoms with Crippen molar-refractivity contribution in [1.29, 1.82) is 0 Å². The van der Waals surface area contributed by atoms with Gasteiger partial charge in [0.25, 0.3) is 0 Å². The first-order chi connectivity index (χ1) is 8.61. The summed E-state index contributed by atoms with van der Waals surface area (Å²) >= 11 is 0. The highest BCUT2D eigenvalue weighted by Crippen LogP contribution is 2.36. The molecule has 1 N–H and O–H groups in total. The van der Waals surface area contributed by atoms with Gasteiger partial charge in [-0.15, -0.1) is 0 Å². The molecule has 1 unspecified atom stereocenters. The fraction of sp³-hybridized carbons (Fsp3) is 0.647. The van der Waals surface area contributed by atoms with Crippen molar-refractivity contribution < 1.29 is 0 Å². The zero-order valence-electron chi connectivity index (χ0n) is 12.3. The average molecular weight is 245 g/mol. The number of hydrogen-bond donors (Lipinski definition) is 1. The summed E-state index contributed by atoms with van der Waals surface area (Å²) < 4.78 is 0. The van der Waals surface area contributed by atoms with E-state index >= 15 is 0 Å². The third-order valence-electron chi connectivity index (χ3n) is 4.73. The molecule has 1 nitrogen and oxygen atoms in total. The van der Waals surface area contributed by atoms with Gasteiger partial charge in [-0.05, 0) is 62.3 Å². The Balaban J connectivity index is 2.14. The molecular formula is C17H27N. The maximum atomic E-state index is 3.55. The van der Waals surface area contributed by atoms with Crippen LogP contribution in [0.3, 0.4) is 0 Å². The van der Waals surface area contributed by atoms with Crippen LogP contribution in [0.4, 0.5) is 0 Å². The van der Waals surface area contributed by atoms with Gasteiger partial charge in [-0.2, -0.15) is 0 Å². The smallest absolute Gasteiger partial charge is 0.0346 e. The normalized spacial score (nSPS) is 26.0. The van der Waals surface area contributed by atoms with Crippen LogP contribution in [0.15, 0.2) is 18.2 Å². The summed E-state index contributed by atoms with van der Waals surface area (Å²) in [4.78, 5) is 0. The van der Waals surface area contributed by atoms with Gasteiger partial charge in [-0.3, -0.25) is 0 Å². The molecule has 1 aromatic rings. The van der Waals surface area contributed by atoms with E-state index in [1.165, 1.54) is 42.4 Å². The predicted octanol–water partition coefficient (Wildman–Crippen LogP) is 4.39. The first-order valence-electron chi connectivity index (χ1n) is 7.36. The van der Waals surface area contributed by atoms with Gasteiger partial charge in [-0.25, -0.2) is 0 Å². The highest BCUT2D eigenvalue weighted by molar-refractivity contribution is 5.32. The predicted molar refractivity (Wildman–Crippen MR) is 78.8 cm³/mol. The minimum atomic E-state index is 0.539. The zero-order valence-corrected chi connectivity index (χ0v) is 12.3. The average Bonchev–Trinajstić information content (AvgIpc) is 2.37. The molecule has 0 bridgehead atoms. The van der Waals surface area contributed by atoms with E-state index in [1.807, 2.05) is 0 Å². The molecule has 18 heavy (non-hydrogen) atoms. The van der Waals surface area contributed by atoms with E-state index in [4.69, 9.17) is 0 Å². The molecule has 0 heterocycles. The van der Waals surface area contributed by atoms with Crippen LogP contribution in [0.25, 0.3) is 0 Å². The van der Waals surface area contributed by atoms with Crippen LogP contribution < -0.4 is 5.32 Å². The minimum absolute atomic E-state index is 0.539. The molecule has 2 rings (SSSR count). The van der Waals surface area contributed by atoms with Crippen LogP contribution in [0.2, 0.25) is 0 Å². The Bertz CT molecular complexity index is 389. The number of rotatable bonds is 3. The summed E-state index contributed by atoms with van der Waals surface area (Å²) in [5.41, 5.74) is 4.28. The summed E-state index contributed by atoms with van der Waals surface area (Å²) in [6, 6.07) is 7.48. The lowest BCUT2D eigenvalue weighted by Crippen LogP contribution is -2.28. The second-order valence-corrected chi connectivity index (χ2v) is 6.13. The molecule has 1 saturated carbocycles. The van der Waals surface area contributed by atoms with Gasteiger partial charge in [0, 0.05) is 6.04 Å². The van der Waals surface area contributed by atoms with Crippen molar-refractivity contribution in [3.8, 4) is 0 Å². The van der Waals surface area contributed by atoms with E-state index in [0.29, 0.717) is 6.04 Å². The summed E-state index contributed by atoms with van der Waals surface area (Å²) in [7, 11) is 2.11. The van der Waals surface area contributed by atoms with Gasteiger partial charge >= 0.3 is 0 Å². The lowest BCUT2D eigenvalue weighted by molar-refractivity contribution is 0.238. The quantitative estimate of drug-likeness (QED) is 0.832. The number of aryl methyl sites for hydroxylation is 2. The van der Waals surface area contributed by atoms with E-state index in [2.05, 4.69) is 51.3 Å². The topological polar surface area (TPSA) is 12.0 Å². The maximum absolute atomic E-state index is 3.55. The Morgan fingerprint density at radius 2 is 1.72 bits per heavy atom. The fourth-order valence-electron chi connectivity index (χ4n) is 3.25. The highest BCUT2D eigenvalue weighted by atomic mass is 14.9. The highest BCUT2D eigenvalue weighted by Gasteiger charge is 2.26. The SMILES string of the molecule is CNC(c1ccc(C)c(C)c1)C1CCC(C)CC1. The van der Waals surface area contributed by atoms with Crippen molar-refractivity contribution >= 4 is 0 Å². The van der Waals surface area contributed by atoms with E-state index < -0.39 is 0 Å². The molecule has 1 aliphatic rings. The van der Waals surface area contributed by atoms with Gasteiger partial charge in [0.2, 0.25) is 0 Å². The van der Waals surface area contributed by atoms with Crippen molar-refractivity contribution in [3.05, 3.63) is 34.9 Å². The molecule has 0 aromatic heterocycles. The Hall–Kier alpha value is -0.820. The molecule has 1 aliphatic carbocycles. The zero-order chi connectivity index (χ0) is 13.1. The maximum Gasteiger partial charge on any atom is 0.0346 e. The summed E-state index contributed by atoms with van der Waals surface area (Å²) in [6.07, 6.45) is 5.54. The molecule has 0 aliphatic heterocycles. The van der Waals surface area contributed by atoms with Gasteiger partial charge in [0.1, 0.15) is 0 Å². The monoisotopic (exact) mass is 245 g/mol. The van der Waals surface area contributed by atoms with E-state index in [1.54, 1.807) is 0 Å². The second kappa shape index (κ2) is 5.88. The third kappa shape index (κ3) is 2.95. The molecule has 1 atom stereocenters.